The number of piperidine rings is 1. The first-order valence-electron chi connectivity index (χ1n) is 5.97. The van der Waals surface area contributed by atoms with Crippen LogP contribution in [0.2, 0.25) is 0 Å². The zero-order valence-corrected chi connectivity index (χ0v) is 12.1. The van der Waals surface area contributed by atoms with E-state index in [1.165, 1.54) is 12.8 Å². The average molecular weight is 347 g/mol. The lowest BCUT2D eigenvalue weighted by Crippen LogP contribution is -2.38. The second kappa shape index (κ2) is 6.02. The first-order valence-corrected chi connectivity index (χ1v) is 7.05. The Bertz CT molecular complexity index is 378. The van der Waals surface area contributed by atoms with Crippen molar-refractivity contribution < 1.29 is 9.84 Å². The molecule has 2 N–H and O–H groups in total. The number of benzene rings is 1. The van der Waals surface area contributed by atoms with Gasteiger partial charge in [0.2, 0.25) is 0 Å². The monoisotopic (exact) mass is 347 g/mol. The van der Waals surface area contributed by atoms with E-state index in [-0.39, 0.29) is 6.04 Å². The van der Waals surface area contributed by atoms with Crippen LogP contribution in [0.1, 0.15) is 30.9 Å². The summed E-state index contributed by atoms with van der Waals surface area (Å²) in [5.41, 5.74) is 0.888. The summed E-state index contributed by atoms with van der Waals surface area (Å²) in [4.78, 5) is 0. The summed E-state index contributed by atoms with van der Waals surface area (Å²) in [6.45, 7) is 0.994. The van der Waals surface area contributed by atoms with E-state index in [1.807, 2.05) is 18.2 Å². The molecule has 1 aromatic rings. The molecule has 1 aliphatic heterocycles. The molecule has 2 atom stereocenters. The number of methoxy groups -OCH3 is 1. The molecular formula is C13H18INO2. The van der Waals surface area contributed by atoms with Crippen LogP contribution in [0.5, 0.6) is 5.75 Å². The number of aliphatic hydroxyl groups is 1. The molecule has 3 nitrogen and oxygen atoms in total. The van der Waals surface area contributed by atoms with Gasteiger partial charge in [-0.1, -0.05) is 6.42 Å². The molecule has 0 bridgehead atoms. The molecule has 1 saturated heterocycles. The fourth-order valence-corrected chi connectivity index (χ4v) is 2.82. The fraction of sp³-hybridized carbons (Fsp3) is 0.538. The minimum absolute atomic E-state index is 0.149. The van der Waals surface area contributed by atoms with Crippen molar-refractivity contribution in [2.24, 2.45) is 0 Å². The van der Waals surface area contributed by atoms with E-state index in [4.69, 9.17) is 4.74 Å². The quantitative estimate of drug-likeness (QED) is 0.826. The molecule has 0 aromatic heterocycles. The predicted octanol–water partition coefficient (Wildman–Crippen LogP) is 2.48. The maximum atomic E-state index is 10.4. The smallest absolute Gasteiger partial charge is 0.124 e. The Morgan fingerprint density at radius 2 is 2.29 bits per heavy atom. The van der Waals surface area contributed by atoms with Gasteiger partial charge in [0.05, 0.1) is 13.2 Å². The van der Waals surface area contributed by atoms with Gasteiger partial charge in [-0.25, -0.2) is 0 Å². The highest BCUT2D eigenvalue weighted by Crippen LogP contribution is 2.31. The van der Waals surface area contributed by atoms with Gasteiger partial charge < -0.3 is 15.2 Å². The van der Waals surface area contributed by atoms with Crippen LogP contribution in [0.15, 0.2) is 18.2 Å². The van der Waals surface area contributed by atoms with Crippen LogP contribution in [0.4, 0.5) is 0 Å². The summed E-state index contributed by atoms with van der Waals surface area (Å²) in [5.74, 6) is 0.769. The molecule has 2 rings (SSSR count). The number of rotatable bonds is 3. The van der Waals surface area contributed by atoms with Gasteiger partial charge in [0.15, 0.2) is 0 Å². The number of aliphatic hydroxyl groups excluding tert-OH is 1. The molecule has 94 valence electrons. The highest BCUT2D eigenvalue weighted by Gasteiger charge is 2.25. The lowest BCUT2D eigenvalue weighted by atomic mass is 9.94. The zero-order chi connectivity index (χ0) is 12.3. The number of hydrogen-bond acceptors (Lipinski definition) is 3. The predicted molar refractivity (Wildman–Crippen MR) is 76.3 cm³/mol. The van der Waals surface area contributed by atoms with Crippen molar-refractivity contribution >= 4 is 22.6 Å². The number of hydrogen-bond donors (Lipinski definition) is 2. The van der Waals surface area contributed by atoms with Crippen LogP contribution in [-0.4, -0.2) is 24.8 Å². The van der Waals surface area contributed by atoms with E-state index in [1.54, 1.807) is 7.11 Å². The maximum Gasteiger partial charge on any atom is 0.124 e. The van der Waals surface area contributed by atoms with E-state index in [9.17, 15) is 5.11 Å². The highest BCUT2D eigenvalue weighted by atomic mass is 127. The molecule has 17 heavy (non-hydrogen) atoms. The summed E-state index contributed by atoms with van der Waals surface area (Å²) < 4.78 is 6.44. The van der Waals surface area contributed by atoms with E-state index in [0.29, 0.717) is 0 Å². The lowest BCUT2D eigenvalue weighted by Gasteiger charge is -2.29. The van der Waals surface area contributed by atoms with Crippen molar-refractivity contribution in [3.05, 3.63) is 27.3 Å². The Balaban J connectivity index is 2.21. The molecule has 0 spiro atoms. The van der Waals surface area contributed by atoms with Gasteiger partial charge in [0.1, 0.15) is 5.75 Å². The highest BCUT2D eigenvalue weighted by molar-refractivity contribution is 14.1. The van der Waals surface area contributed by atoms with E-state index in [2.05, 4.69) is 27.9 Å². The Morgan fingerprint density at radius 3 is 2.94 bits per heavy atom. The Morgan fingerprint density at radius 1 is 1.47 bits per heavy atom. The minimum atomic E-state index is -0.486. The average Bonchev–Trinajstić information content (AvgIpc) is 2.39. The van der Waals surface area contributed by atoms with Crippen molar-refractivity contribution in [1.29, 1.82) is 0 Å². The maximum absolute atomic E-state index is 10.4. The van der Waals surface area contributed by atoms with Gasteiger partial charge in [0, 0.05) is 15.2 Å². The molecule has 0 radical (unpaired) electrons. The van der Waals surface area contributed by atoms with Gasteiger partial charge in [-0.15, -0.1) is 0 Å². The standard InChI is InChI=1S/C13H18INO2/c1-17-12-6-5-9(14)8-10(12)13(16)11-4-2-3-7-15-11/h5-6,8,11,13,15-16H,2-4,7H2,1H3. The number of nitrogens with one attached hydrogen (secondary N) is 1. The second-order valence-electron chi connectivity index (χ2n) is 4.39. The fourth-order valence-electron chi connectivity index (χ4n) is 2.30. The Kier molecular flexibility index (Phi) is 4.64. The van der Waals surface area contributed by atoms with Gasteiger partial charge >= 0.3 is 0 Å². The van der Waals surface area contributed by atoms with Gasteiger partial charge in [-0.2, -0.15) is 0 Å². The normalized spacial score (nSPS) is 22.2. The second-order valence-corrected chi connectivity index (χ2v) is 5.63. The topological polar surface area (TPSA) is 41.5 Å². The molecule has 4 heteroatoms. The van der Waals surface area contributed by atoms with Crippen molar-refractivity contribution in [2.45, 2.75) is 31.4 Å². The van der Waals surface area contributed by atoms with Gasteiger partial charge in [-0.05, 0) is 60.2 Å². The molecule has 0 amide bonds. The molecule has 0 aliphatic carbocycles. The van der Waals surface area contributed by atoms with Crippen LogP contribution in [-0.2, 0) is 0 Å². The van der Waals surface area contributed by atoms with Crippen molar-refractivity contribution in [2.75, 3.05) is 13.7 Å². The third-order valence-electron chi connectivity index (χ3n) is 3.24. The molecule has 1 aliphatic rings. The molecule has 1 aromatic carbocycles. The van der Waals surface area contributed by atoms with Crippen LogP contribution in [0, 0.1) is 3.57 Å². The van der Waals surface area contributed by atoms with Gasteiger partial charge in [-0.3, -0.25) is 0 Å². The SMILES string of the molecule is COc1ccc(I)cc1C(O)C1CCCCN1. The Hall–Kier alpha value is -0.330. The summed E-state index contributed by atoms with van der Waals surface area (Å²) in [5, 5.41) is 13.8. The number of ether oxygens (including phenoxy) is 1. The first kappa shape index (κ1) is 13.1. The Labute approximate surface area is 116 Å². The van der Waals surface area contributed by atoms with Crippen molar-refractivity contribution in [1.82, 2.24) is 5.32 Å². The summed E-state index contributed by atoms with van der Waals surface area (Å²) in [6.07, 6.45) is 2.92. The summed E-state index contributed by atoms with van der Waals surface area (Å²) in [6, 6.07) is 6.06. The molecule has 1 fully saturated rings. The number of halogens is 1. The third-order valence-corrected chi connectivity index (χ3v) is 3.91. The van der Waals surface area contributed by atoms with E-state index in [0.717, 1.165) is 27.8 Å². The van der Waals surface area contributed by atoms with Crippen LogP contribution < -0.4 is 10.1 Å². The summed E-state index contributed by atoms with van der Waals surface area (Å²) >= 11 is 2.26. The lowest BCUT2D eigenvalue weighted by molar-refractivity contribution is 0.111. The molecular weight excluding hydrogens is 329 g/mol. The minimum Gasteiger partial charge on any atom is -0.496 e. The van der Waals surface area contributed by atoms with Crippen LogP contribution in [0.25, 0.3) is 0 Å². The van der Waals surface area contributed by atoms with Crippen LogP contribution in [0.3, 0.4) is 0 Å². The third kappa shape index (κ3) is 3.11. The molecule has 1 heterocycles. The van der Waals surface area contributed by atoms with Gasteiger partial charge in [0.25, 0.3) is 0 Å². The van der Waals surface area contributed by atoms with Crippen molar-refractivity contribution in [3.8, 4) is 5.75 Å². The van der Waals surface area contributed by atoms with Crippen molar-refractivity contribution in [3.63, 3.8) is 0 Å². The first-order chi connectivity index (χ1) is 8.22. The molecule has 0 saturated carbocycles. The van der Waals surface area contributed by atoms with Crippen LogP contribution >= 0.6 is 22.6 Å². The molecule has 2 unspecified atom stereocenters. The summed E-state index contributed by atoms with van der Waals surface area (Å²) in [7, 11) is 1.65. The van der Waals surface area contributed by atoms with E-state index < -0.39 is 6.10 Å². The largest absolute Gasteiger partial charge is 0.496 e. The van der Waals surface area contributed by atoms with E-state index >= 15 is 0 Å². The zero-order valence-electron chi connectivity index (χ0n) is 9.95.